The summed E-state index contributed by atoms with van der Waals surface area (Å²) in [6.45, 7) is 4.92. The summed E-state index contributed by atoms with van der Waals surface area (Å²) < 4.78 is 0. The van der Waals surface area contributed by atoms with Crippen molar-refractivity contribution in [2.24, 2.45) is 0 Å². The van der Waals surface area contributed by atoms with E-state index in [1.54, 1.807) is 0 Å². The molecule has 1 atom stereocenters. The molecule has 22 heavy (non-hydrogen) atoms. The predicted octanol–water partition coefficient (Wildman–Crippen LogP) is 4.07. The van der Waals surface area contributed by atoms with Gasteiger partial charge in [0, 0.05) is 18.2 Å². The lowest BCUT2D eigenvalue weighted by atomic mass is 10.0. The lowest BCUT2D eigenvalue weighted by Crippen LogP contribution is -2.42. The fraction of sp³-hybridized carbons (Fsp3) is 0.368. The third-order valence-electron chi connectivity index (χ3n) is 4.45. The summed E-state index contributed by atoms with van der Waals surface area (Å²) in [5, 5.41) is 0. The first kappa shape index (κ1) is 14.8. The Morgan fingerprint density at radius 2 is 1.91 bits per heavy atom. The first-order valence-corrected chi connectivity index (χ1v) is 8.01. The fourth-order valence-electron chi connectivity index (χ4n) is 3.11. The Morgan fingerprint density at radius 1 is 1.14 bits per heavy atom. The van der Waals surface area contributed by atoms with Gasteiger partial charge in [0.2, 0.25) is 0 Å². The van der Waals surface area contributed by atoms with Crippen LogP contribution in [0.4, 0.5) is 0 Å². The quantitative estimate of drug-likeness (QED) is 0.836. The average Bonchev–Trinajstić information content (AvgIpc) is 2.55. The number of carbonyl (C=O) groups excluding carboxylic acids is 1. The topological polar surface area (TPSA) is 33.2 Å². The van der Waals surface area contributed by atoms with Crippen molar-refractivity contribution in [2.75, 3.05) is 6.54 Å². The van der Waals surface area contributed by atoms with Crippen LogP contribution in [0.25, 0.3) is 11.3 Å². The lowest BCUT2D eigenvalue weighted by molar-refractivity contribution is 0.0634. The zero-order valence-corrected chi connectivity index (χ0v) is 13.2. The maximum absolute atomic E-state index is 12.8. The average molecular weight is 294 g/mol. The molecule has 0 saturated carbocycles. The van der Waals surface area contributed by atoms with E-state index in [-0.39, 0.29) is 5.91 Å². The highest BCUT2D eigenvalue weighted by atomic mass is 16.2. The van der Waals surface area contributed by atoms with Crippen LogP contribution in [-0.4, -0.2) is 28.4 Å². The van der Waals surface area contributed by atoms with E-state index in [0.717, 1.165) is 41.9 Å². The Hall–Kier alpha value is -2.16. The highest BCUT2D eigenvalue weighted by Gasteiger charge is 2.25. The molecule has 1 aromatic heterocycles. The van der Waals surface area contributed by atoms with E-state index >= 15 is 0 Å². The van der Waals surface area contributed by atoms with Gasteiger partial charge in [0.05, 0.1) is 17.0 Å². The monoisotopic (exact) mass is 294 g/mol. The summed E-state index contributed by atoms with van der Waals surface area (Å²) in [5.74, 6) is 0.122. The van der Waals surface area contributed by atoms with E-state index in [1.165, 1.54) is 6.42 Å². The van der Waals surface area contributed by atoms with Crippen molar-refractivity contribution < 1.29 is 4.79 Å². The number of piperidine rings is 1. The van der Waals surface area contributed by atoms with Gasteiger partial charge in [-0.3, -0.25) is 9.78 Å². The molecule has 3 heteroatoms. The van der Waals surface area contributed by atoms with Gasteiger partial charge >= 0.3 is 0 Å². The molecular weight excluding hydrogens is 272 g/mol. The van der Waals surface area contributed by atoms with E-state index < -0.39 is 0 Å². The van der Waals surface area contributed by atoms with Crippen LogP contribution in [0.1, 0.15) is 42.2 Å². The zero-order valence-electron chi connectivity index (χ0n) is 13.2. The van der Waals surface area contributed by atoms with Gasteiger partial charge in [0.1, 0.15) is 0 Å². The Labute approximate surface area is 132 Å². The second-order valence-electron chi connectivity index (χ2n) is 6.04. The number of aromatic nitrogens is 1. The van der Waals surface area contributed by atoms with Crippen LogP contribution in [-0.2, 0) is 0 Å². The molecule has 1 amide bonds. The van der Waals surface area contributed by atoms with E-state index in [4.69, 9.17) is 0 Å². The molecule has 0 spiro atoms. The highest BCUT2D eigenvalue weighted by Crippen LogP contribution is 2.23. The molecule has 1 saturated heterocycles. The van der Waals surface area contributed by atoms with Crippen LogP contribution in [0.5, 0.6) is 0 Å². The van der Waals surface area contributed by atoms with Crippen molar-refractivity contribution in [1.82, 2.24) is 9.88 Å². The molecule has 2 aromatic rings. The first-order chi connectivity index (χ1) is 10.7. The summed E-state index contributed by atoms with van der Waals surface area (Å²) in [4.78, 5) is 19.4. The van der Waals surface area contributed by atoms with Gasteiger partial charge in [0.15, 0.2) is 0 Å². The van der Waals surface area contributed by atoms with E-state index in [0.29, 0.717) is 6.04 Å². The van der Waals surface area contributed by atoms with Crippen LogP contribution in [0.2, 0.25) is 0 Å². The van der Waals surface area contributed by atoms with E-state index in [2.05, 4.69) is 11.9 Å². The predicted molar refractivity (Wildman–Crippen MR) is 88.8 cm³/mol. The summed E-state index contributed by atoms with van der Waals surface area (Å²) in [6.07, 6.45) is 3.42. The number of hydrogen-bond donors (Lipinski definition) is 0. The summed E-state index contributed by atoms with van der Waals surface area (Å²) in [7, 11) is 0. The van der Waals surface area contributed by atoms with Crippen molar-refractivity contribution in [3.05, 3.63) is 53.7 Å². The molecule has 1 unspecified atom stereocenters. The molecule has 1 fully saturated rings. The Kier molecular flexibility index (Phi) is 4.23. The molecule has 114 valence electrons. The third-order valence-corrected chi connectivity index (χ3v) is 4.45. The van der Waals surface area contributed by atoms with Crippen LogP contribution in [0.3, 0.4) is 0 Å². The number of pyridine rings is 1. The number of aryl methyl sites for hydroxylation is 1. The molecule has 0 radical (unpaired) electrons. The van der Waals surface area contributed by atoms with Crippen molar-refractivity contribution >= 4 is 5.91 Å². The normalized spacial score (nSPS) is 18.3. The van der Waals surface area contributed by atoms with Gasteiger partial charge in [0.25, 0.3) is 5.91 Å². The molecule has 1 aliphatic heterocycles. The molecule has 1 aliphatic rings. The van der Waals surface area contributed by atoms with Crippen molar-refractivity contribution in [3.8, 4) is 11.3 Å². The standard InChI is InChI=1S/C19H22N2O/c1-14-8-6-7-13-21(14)19(22)17-11-12-18(20-15(17)2)16-9-4-3-5-10-16/h3-5,9-12,14H,6-8,13H2,1-2H3. The molecular formula is C19H22N2O. The maximum Gasteiger partial charge on any atom is 0.255 e. The number of benzene rings is 1. The number of carbonyl (C=O) groups is 1. The zero-order chi connectivity index (χ0) is 15.5. The molecule has 2 heterocycles. The number of amides is 1. The van der Waals surface area contributed by atoms with Crippen LogP contribution in [0.15, 0.2) is 42.5 Å². The van der Waals surface area contributed by atoms with Crippen molar-refractivity contribution in [1.29, 1.82) is 0 Å². The van der Waals surface area contributed by atoms with Gasteiger partial charge in [-0.15, -0.1) is 0 Å². The van der Waals surface area contributed by atoms with Gasteiger partial charge in [-0.25, -0.2) is 0 Å². The Balaban J connectivity index is 1.87. The smallest absolute Gasteiger partial charge is 0.255 e. The number of likely N-dealkylation sites (tertiary alicyclic amines) is 1. The minimum atomic E-state index is 0.122. The second-order valence-corrected chi connectivity index (χ2v) is 6.04. The van der Waals surface area contributed by atoms with Gasteiger partial charge in [-0.05, 0) is 45.2 Å². The highest BCUT2D eigenvalue weighted by molar-refractivity contribution is 5.95. The first-order valence-electron chi connectivity index (χ1n) is 8.01. The van der Waals surface area contributed by atoms with Crippen molar-refractivity contribution in [2.45, 2.75) is 39.2 Å². The van der Waals surface area contributed by atoms with Crippen LogP contribution < -0.4 is 0 Å². The molecule has 3 rings (SSSR count). The van der Waals surface area contributed by atoms with E-state index in [9.17, 15) is 4.79 Å². The second kappa shape index (κ2) is 6.30. The Morgan fingerprint density at radius 3 is 2.59 bits per heavy atom. The summed E-state index contributed by atoms with van der Waals surface area (Å²) >= 11 is 0. The summed E-state index contributed by atoms with van der Waals surface area (Å²) in [5.41, 5.74) is 3.54. The largest absolute Gasteiger partial charge is 0.336 e. The maximum atomic E-state index is 12.8. The molecule has 3 nitrogen and oxygen atoms in total. The van der Waals surface area contributed by atoms with Gasteiger partial charge in [-0.1, -0.05) is 30.3 Å². The summed E-state index contributed by atoms with van der Waals surface area (Å²) in [6, 6.07) is 14.3. The number of hydrogen-bond acceptors (Lipinski definition) is 2. The Bertz CT molecular complexity index is 666. The molecule has 0 bridgehead atoms. The van der Waals surface area contributed by atoms with E-state index in [1.807, 2.05) is 54.3 Å². The van der Waals surface area contributed by atoms with Gasteiger partial charge < -0.3 is 4.90 Å². The number of rotatable bonds is 2. The molecule has 0 aliphatic carbocycles. The van der Waals surface area contributed by atoms with Crippen LogP contribution in [0, 0.1) is 6.92 Å². The lowest BCUT2D eigenvalue weighted by Gasteiger charge is -2.33. The van der Waals surface area contributed by atoms with Gasteiger partial charge in [-0.2, -0.15) is 0 Å². The molecule has 0 N–H and O–H groups in total. The third kappa shape index (κ3) is 2.89. The minimum absolute atomic E-state index is 0.122. The van der Waals surface area contributed by atoms with Crippen LogP contribution >= 0.6 is 0 Å². The number of nitrogens with zero attached hydrogens (tertiary/aromatic N) is 2. The van der Waals surface area contributed by atoms with Crippen molar-refractivity contribution in [3.63, 3.8) is 0 Å². The SMILES string of the molecule is Cc1nc(-c2ccccc2)ccc1C(=O)N1CCCCC1C. The molecule has 1 aromatic carbocycles. The minimum Gasteiger partial charge on any atom is -0.336 e. The fourth-order valence-corrected chi connectivity index (χ4v) is 3.11.